The van der Waals surface area contributed by atoms with Gasteiger partial charge in [0, 0.05) is 19.8 Å². The van der Waals surface area contributed by atoms with Crippen LogP contribution in [0.2, 0.25) is 5.15 Å². The molecule has 0 saturated carbocycles. The number of aryl methyl sites for hydroxylation is 2. The van der Waals surface area contributed by atoms with Crippen LogP contribution in [0.4, 0.5) is 5.69 Å². The van der Waals surface area contributed by atoms with E-state index < -0.39 is 15.9 Å². The number of sulfonamides is 1. The van der Waals surface area contributed by atoms with Gasteiger partial charge in [0.2, 0.25) is 10.0 Å². The third kappa shape index (κ3) is 4.56. The molecule has 7 nitrogen and oxygen atoms in total. The van der Waals surface area contributed by atoms with Crippen LogP contribution in [0.1, 0.15) is 27.2 Å². The normalized spacial score (nSPS) is 11.7. The lowest BCUT2D eigenvalue weighted by atomic mass is 10.1. The van der Waals surface area contributed by atoms with E-state index >= 15 is 0 Å². The fourth-order valence-electron chi connectivity index (χ4n) is 2.92. The van der Waals surface area contributed by atoms with Crippen molar-refractivity contribution in [3.8, 4) is 0 Å². The van der Waals surface area contributed by atoms with Gasteiger partial charge in [0.05, 0.1) is 22.7 Å². The lowest BCUT2D eigenvalue weighted by Gasteiger charge is -2.12. The number of anilines is 1. The number of rotatable bonds is 6. The summed E-state index contributed by atoms with van der Waals surface area (Å²) in [4.78, 5) is 12.9. The molecule has 0 saturated heterocycles. The van der Waals surface area contributed by atoms with Crippen LogP contribution in [0.25, 0.3) is 0 Å². The number of hydrogen-bond acceptors (Lipinski definition) is 4. The first-order valence-corrected chi connectivity index (χ1v) is 11.0. The molecule has 2 aromatic carbocycles. The molecule has 0 aliphatic heterocycles. The van der Waals surface area contributed by atoms with Gasteiger partial charge in [-0.1, -0.05) is 47.5 Å². The number of carbonyl (C=O) groups is 1. The quantitative estimate of drug-likeness (QED) is 0.625. The molecule has 1 N–H and O–H groups in total. The summed E-state index contributed by atoms with van der Waals surface area (Å²) < 4.78 is 27.3. The van der Waals surface area contributed by atoms with Crippen molar-refractivity contribution >= 4 is 33.2 Å². The lowest BCUT2D eigenvalue weighted by Crippen LogP contribution is -2.22. The van der Waals surface area contributed by atoms with Gasteiger partial charge in [0.15, 0.2) is 0 Å². The first kappa shape index (κ1) is 22.0. The first-order chi connectivity index (χ1) is 14.1. The molecule has 30 heavy (non-hydrogen) atoms. The van der Waals surface area contributed by atoms with E-state index in [2.05, 4.69) is 10.4 Å². The maximum absolute atomic E-state index is 12.9. The van der Waals surface area contributed by atoms with Crippen molar-refractivity contribution in [3.05, 3.63) is 76.1 Å². The molecule has 3 rings (SSSR count). The van der Waals surface area contributed by atoms with E-state index in [0.717, 1.165) is 15.4 Å². The summed E-state index contributed by atoms with van der Waals surface area (Å²) in [5.41, 5.74) is 3.26. The second kappa shape index (κ2) is 8.59. The third-order valence-corrected chi connectivity index (χ3v) is 6.81. The molecule has 1 heterocycles. The van der Waals surface area contributed by atoms with Gasteiger partial charge >= 0.3 is 0 Å². The van der Waals surface area contributed by atoms with Crippen LogP contribution in [0.3, 0.4) is 0 Å². The van der Waals surface area contributed by atoms with Gasteiger partial charge in [0.1, 0.15) is 5.15 Å². The average Bonchev–Trinajstić information content (AvgIpc) is 2.97. The minimum Gasteiger partial charge on any atom is -0.322 e. The standard InChI is InChI=1S/C21H23ClN4O3S/c1-14-8-10-16(11-9-14)13-26-20(22)19(15(2)24-26)21(27)23-17-6-5-7-18(12-17)30(28,29)25(3)4/h5-12H,13H2,1-4H3,(H,23,27). The fourth-order valence-corrected chi connectivity index (χ4v) is 4.19. The molecular formula is C21H23ClN4O3S. The second-order valence-corrected chi connectivity index (χ2v) is 9.67. The Labute approximate surface area is 181 Å². The van der Waals surface area contributed by atoms with Crippen LogP contribution in [0.5, 0.6) is 0 Å². The Hall–Kier alpha value is -2.68. The van der Waals surface area contributed by atoms with Crippen molar-refractivity contribution in [3.63, 3.8) is 0 Å². The van der Waals surface area contributed by atoms with E-state index in [-0.39, 0.29) is 15.6 Å². The molecular weight excluding hydrogens is 424 g/mol. The highest BCUT2D eigenvalue weighted by atomic mass is 35.5. The minimum absolute atomic E-state index is 0.0863. The van der Waals surface area contributed by atoms with Crippen molar-refractivity contribution < 1.29 is 13.2 Å². The molecule has 158 valence electrons. The largest absolute Gasteiger partial charge is 0.322 e. The number of carbonyl (C=O) groups excluding carboxylic acids is 1. The SMILES string of the molecule is Cc1ccc(Cn2nc(C)c(C(=O)Nc3cccc(S(=O)(=O)N(C)C)c3)c2Cl)cc1. The number of nitrogens with zero attached hydrogens (tertiary/aromatic N) is 3. The summed E-state index contributed by atoms with van der Waals surface area (Å²) in [6.07, 6.45) is 0. The van der Waals surface area contributed by atoms with E-state index in [4.69, 9.17) is 11.6 Å². The van der Waals surface area contributed by atoms with Crippen LogP contribution < -0.4 is 5.32 Å². The maximum atomic E-state index is 12.9. The topological polar surface area (TPSA) is 84.3 Å². The van der Waals surface area contributed by atoms with E-state index in [1.54, 1.807) is 23.7 Å². The number of aromatic nitrogens is 2. The Kier molecular flexibility index (Phi) is 6.30. The van der Waals surface area contributed by atoms with Crippen LogP contribution in [-0.2, 0) is 16.6 Å². The van der Waals surface area contributed by atoms with Crippen molar-refractivity contribution in [1.82, 2.24) is 14.1 Å². The van der Waals surface area contributed by atoms with Gasteiger partial charge in [-0.2, -0.15) is 5.10 Å². The molecule has 9 heteroatoms. The number of benzene rings is 2. The molecule has 0 radical (unpaired) electrons. The van der Waals surface area contributed by atoms with Crippen LogP contribution in [-0.4, -0.2) is 42.5 Å². The molecule has 0 spiro atoms. The monoisotopic (exact) mass is 446 g/mol. The van der Waals surface area contributed by atoms with Gasteiger partial charge in [-0.3, -0.25) is 4.79 Å². The van der Waals surface area contributed by atoms with Gasteiger partial charge in [-0.15, -0.1) is 0 Å². The van der Waals surface area contributed by atoms with E-state index in [0.29, 0.717) is 17.9 Å². The van der Waals surface area contributed by atoms with Crippen LogP contribution >= 0.6 is 11.6 Å². The minimum atomic E-state index is -3.61. The summed E-state index contributed by atoms with van der Waals surface area (Å²) in [5, 5.41) is 7.33. The van der Waals surface area contributed by atoms with E-state index in [1.807, 2.05) is 31.2 Å². The van der Waals surface area contributed by atoms with E-state index in [1.165, 1.54) is 26.2 Å². The Morgan fingerprint density at radius 2 is 1.80 bits per heavy atom. The highest BCUT2D eigenvalue weighted by molar-refractivity contribution is 7.89. The van der Waals surface area contributed by atoms with Crippen molar-refractivity contribution in [2.45, 2.75) is 25.3 Å². The van der Waals surface area contributed by atoms with Gasteiger partial charge in [0.25, 0.3) is 5.91 Å². The zero-order valence-corrected chi connectivity index (χ0v) is 18.8. The molecule has 0 aliphatic rings. The number of amides is 1. The maximum Gasteiger partial charge on any atom is 0.260 e. The average molecular weight is 447 g/mol. The van der Waals surface area contributed by atoms with Gasteiger partial charge in [-0.25, -0.2) is 17.4 Å². The second-order valence-electron chi connectivity index (χ2n) is 7.16. The van der Waals surface area contributed by atoms with Crippen molar-refractivity contribution in [2.24, 2.45) is 0 Å². The Bertz CT molecular complexity index is 1190. The van der Waals surface area contributed by atoms with Crippen LogP contribution in [0.15, 0.2) is 53.4 Å². The smallest absolute Gasteiger partial charge is 0.260 e. The molecule has 1 aromatic heterocycles. The summed E-state index contributed by atoms with van der Waals surface area (Å²) in [6.45, 7) is 4.15. The highest BCUT2D eigenvalue weighted by Gasteiger charge is 2.22. The zero-order valence-electron chi connectivity index (χ0n) is 17.2. The number of nitrogens with one attached hydrogen (secondary N) is 1. The Balaban J connectivity index is 1.84. The third-order valence-electron chi connectivity index (χ3n) is 4.62. The molecule has 0 aliphatic carbocycles. The highest BCUT2D eigenvalue weighted by Crippen LogP contribution is 2.24. The molecule has 0 atom stereocenters. The van der Waals surface area contributed by atoms with Gasteiger partial charge < -0.3 is 5.32 Å². The summed E-state index contributed by atoms with van der Waals surface area (Å²) in [5.74, 6) is -0.452. The molecule has 1 amide bonds. The van der Waals surface area contributed by atoms with Crippen molar-refractivity contribution in [1.29, 1.82) is 0 Å². The Morgan fingerprint density at radius 1 is 1.13 bits per heavy atom. The van der Waals surface area contributed by atoms with E-state index in [9.17, 15) is 13.2 Å². The Morgan fingerprint density at radius 3 is 2.43 bits per heavy atom. The fraction of sp³-hybridized carbons (Fsp3) is 0.238. The van der Waals surface area contributed by atoms with Crippen LogP contribution in [0, 0.1) is 13.8 Å². The number of hydrogen-bond donors (Lipinski definition) is 1. The number of halogens is 1. The predicted octanol–water partition coefficient (Wildman–Crippen LogP) is 3.70. The van der Waals surface area contributed by atoms with Crippen molar-refractivity contribution in [2.75, 3.05) is 19.4 Å². The summed E-state index contributed by atoms with van der Waals surface area (Å²) >= 11 is 6.45. The molecule has 3 aromatic rings. The lowest BCUT2D eigenvalue weighted by molar-refractivity contribution is 0.102. The molecule has 0 fully saturated rings. The zero-order chi connectivity index (χ0) is 22.1. The summed E-state index contributed by atoms with van der Waals surface area (Å²) in [6, 6.07) is 14.0. The van der Waals surface area contributed by atoms with Gasteiger partial charge in [-0.05, 0) is 37.6 Å². The first-order valence-electron chi connectivity index (χ1n) is 9.22. The summed E-state index contributed by atoms with van der Waals surface area (Å²) in [7, 11) is -0.709. The molecule has 0 bridgehead atoms. The molecule has 0 unspecified atom stereocenters. The predicted molar refractivity (Wildman–Crippen MR) is 118 cm³/mol.